The van der Waals surface area contributed by atoms with Crippen LogP contribution in [-0.2, 0) is 0 Å². The zero-order valence-corrected chi connectivity index (χ0v) is 6.40. The highest BCUT2D eigenvalue weighted by Crippen LogP contribution is 2.03. The van der Waals surface area contributed by atoms with E-state index in [2.05, 4.69) is 6.92 Å². The van der Waals surface area contributed by atoms with Gasteiger partial charge in [0.15, 0.2) is 0 Å². The second-order valence-corrected chi connectivity index (χ2v) is 2.49. The van der Waals surface area contributed by atoms with Crippen LogP contribution in [0.3, 0.4) is 0 Å². The fraction of sp³-hybridized carbons (Fsp3) is 1.00. The maximum absolute atomic E-state index is 8.42. The minimum Gasteiger partial charge on any atom is -0.396 e. The molecule has 0 bridgehead atoms. The van der Waals surface area contributed by atoms with Crippen molar-refractivity contribution in [1.29, 1.82) is 0 Å². The molecule has 0 atom stereocenters. The first-order valence-corrected chi connectivity index (χ1v) is 4.02. The highest BCUT2D eigenvalue weighted by molar-refractivity contribution is 4.41. The average molecular weight is 132 g/mol. The van der Waals surface area contributed by atoms with Gasteiger partial charge in [-0.3, -0.25) is 0 Å². The van der Waals surface area contributed by atoms with Crippen molar-refractivity contribution in [3.8, 4) is 0 Å². The molecule has 0 heterocycles. The van der Waals surface area contributed by atoms with E-state index in [1.165, 1.54) is 32.1 Å². The van der Waals surface area contributed by atoms with Crippen molar-refractivity contribution < 1.29 is 6.53 Å². The van der Waals surface area contributed by atoms with Gasteiger partial charge in [-0.15, -0.1) is 0 Å². The van der Waals surface area contributed by atoms with Crippen LogP contribution in [0.4, 0.5) is 0 Å². The zero-order chi connectivity index (χ0) is 6.95. The molecule has 1 nitrogen and oxygen atoms in total. The molecule has 0 amide bonds. The molecular weight excluding hydrogens is 112 g/mol. The van der Waals surface area contributed by atoms with E-state index in [1.807, 2.05) is 0 Å². The van der Waals surface area contributed by atoms with Gasteiger partial charge < -0.3 is 5.11 Å². The van der Waals surface area contributed by atoms with Crippen molar-refractivity contribution >= 4 is 0 Å². The van der Waals surface area contributed by atoms with Gasteiger partial charge in [-0.1, -0.05) is 39.0 Å². The monoisotopic (exact) mass is 132 g/mol. The van der Waals surface area contributed by atoms with Crippen molar-refractivity contribution in [2.75, 3.05) is 6.61 Å². The first-order valence-electron chi connectivity index (χ1n) is 4.02. The largest absolute Gasteiger partial charge is 0.396 e. The van der Waals surface area contributed by atoms with Crippen LogP contribution in [0, 0.1) is 0 Å². The van der Waals surface area contributed by atoms with Crippen molar-refractivity contribution in [3.05, 3.63) is 0 Å². The number of unbranched alkanes of at least 4 members (excludes halogenated alkanes) is 5. The van der Waals surface area contributed by atoms with Gasteiger partial charge in [0, 0.05) is 8.03 Å². The van der Waals surface area contributed by atoms with Crippen LogP contribution < -0.4 is 0 Å². The third-order valence-electron chi connectivity index (χ3n) is 1.51. The predicted molar refractivity (Wildman–Crippen MR) is 41.6 cm³/mol. The third kappa shape index (κ3) is 7.96. The summed E-state index contributed by atoms with van der Waals surface area (Å²) in [4.78, 5) is 0. The van der Waals surface area contributed by atoms with E-state index < -0.39 is 0 Å². The van der Waals surface area contributed by atoms with Crippen molar-refractivity contribution in [3.63, 3.8) is 0 Å². The molecule has 0 rings (SSSR count). The summed E-state index contributed by atoms with van der Waals surface area (Å²) in [6, 6.07) is 0. The first-order chi connectivity index (χ1) is 4.41. The fourth-order valence-electron chi connectivity index (χ4n) is 0.892. The van der Waals surface area contributed by atoms with Gasteiger partial charge in [-0.2, -0.15) is 0 Å². The Morgan fingerprint density at radius 1 is 1.00 bits per heavy atom. The van der Waals surface area contributed by atoms with Gasteiger partial charge in [0.25, 0.3) is 0 Å². The molecule has 1 N–H and O–H groups in total. The van der Waals surface area contributed by atoms with Gasteiger partial charge in [-0.25, -0.2) is 0 Å². The Morgan fingerprint density at radius 3 is 2.11 bits per heavy atom. The van der Waals surface area contributed by atoms with Crippen LogP contribution in [0.15, 0.2) is 0 Å². The Morgan fingerprint density at radius 2 is 1.56 bits per heavy atom. The molecule has 1 radical (unpaired) electrons. The maximum atomic E-state index is 8.42. The number of aliphatic hydroxyl groups is 1. The molecule has 0 unspecified atom stereocenters. The van der Waals surface area contributed by atoms with E-state index in [-0.39, 0.29) is 1.43 Å². The van der Waals surface area contributed by atoms with E-state index in [1.54, 1.807) is 0 Å². The van der Waals surface area contributed by atoms with Gasteiger partial charge >= 0.3 is 0 Å². The second-order valence-electron chi connectivity index (χ2n) is 2.49. The number of rotatable bonds is 6. The Hall–Kier alpha value is -0.0400. The summed E-state index contributed by atoms with van der Waals surface area (Å²) < 4.78 is 0. The summed E-state index contributed by atoms with van der Waals surface area (Å²) in [7, 11) is 0. The molecule has 0 aromatic rings. The highest BCUT2D eigenvalue weighted by atomic mass is 16.2. The molecule has 0 fully saturated rings. The van der Waals surface area contributed by atoms with Gasteiger partial charge in [0.05, 0.1) is 0 Å². The van der Waals surface area contributed by atoms with Crippen LogP contribution >= 0.6 is 0 Å². The molecule has 0 aliphatic rings. The van der Waals surface area contributed by atoms with E-state index in [9.17, 15) is 0 Å². The van der Waals surface area contributed by atoms with Gasteiger partial charge in [0.2, 0.25) is 0 Å². The lowest BCUT2D eigenvalue weighted by molar-refractivity contribution is 0.282. The molecule has 0 aromatic carbocycles. The van der Waals surface area contributed by atoms with E-state index >= 15 is 0 Å². The topological polar surface area (TPSA) is 20.2 Å². The zero-order valence-electron chi connectivity index (χ0n) is 7.40. The van der Waals surface area contributed by atoms with Crippen LogP contribution in [0.25, 0.3) is 0 Å². The molecule has 57 valence electrons. The van der Waals surface area contributed by atoms with Crippen LogP contribution in [0.2, 0.25) is 0 Å². The molecule has 0 saturated heterocycles. The smallest absolute Gasteiger partial charge is 0.0431 e. The van der Waals surface area contributed by atoms with Gasteiger partial charge in [0.1, 0.15) is 0 Å². The van der Waals surface area contributed by atoms with Crippen molar-refractivity contribution in [2.24, 2.45) is 0 Å². The number of hydrogen-bond donors (Lipinski definition) is 1. The summed E-state index contributed by atoms with van der Waals surface area (Å²) in [6.45, 7) is 2.58. The summed E-state index contributed by atoms with van der Waals surface area (Å²) >= 11 is 0. The standard InChI is InChI=1S/C8H18O.H/c1-2-3-4-5-6-7-8-9;/h9H,2-8H2,1H3;/i;1+1. The lowest BCUT2D eigenvalue weighted by Crippen LogP contribution is -1.82. The van der Waals surface area contributed by atoms with Crippen LogP contribution in [-0.4, -0.2) is 11.7 Å². The minimum absolute atomic E-state index is 0. The molecule has 0 saturated carbocycles. The second kappa shape index (κ2) is 7.96. The van der Waals surface area contributed by atoms with Gasteiger partial charge in [-0.05, 0) is 6.42 Å². The number of hydrogen-bond acceptors (Lipinski definition) is 1. The highest BCUT2D eigenvalue weighted by Gasteiger charge is 1.86. The Kier molecular flexibility index (Phi) is 7.92. The molecule has 0 aliphatic heterocycles. The lowest BCUT2D eigenvalue weighted by atomic mass is 10.1. The predicted octanol–water partition coefficient (Wildman–Crippen LogP) is 2.45. The Bertz CT molecular complexity index is 42.5. The first kappa shape index (κ1) is 8.96. The molecule has 1 heteroatoms. The van der Waals surface area contributed by atoms with E-state index in [4.69, 9.17) is 5.11 Å². The summed E-state index contributed by atoms with van der Waals surface area (Å²) in [6.07, 6.45) is 7.50. The molecule has 9 heavy (non-hydrogen) atoms. The van der Waals surface area contributed by atoms with Crippen LogP contribution in [0.1, 0.15) is 46.9 Å². The number of aliphatic hydroxyl groups excluding tert-OH is 1. The maximum Gasteiger partial charge on any atom is 0.0431 e. The van der Waals surface area contributed by atoms with Crippen molar-refractivity contribution in [2.45, 2.75) is 45.4 Å². The molecule has 0 aromatic heterocycles. The average Bonchev–Trinajstić information content (AvgIpc) is 1.89. The minimum atomic E-state index is 0. The Labute approximate surface area is 59.6 Å². The quantitative estimate of drug-likeness (QED) is 0.550. The SMILES string of the molecule is CCCCCCCCO.[2H]. The van der Waals surface area contributed by atoms with E-state index in [0.29, 0.717) is 6.61 Å². The van der Waals surface area contributed by atoms with E-state index in [0.717, 1.165) is 6.42 Å². The summed E-state index contributed by atoms with van der Waals surface area (Å²) in [5, 5.41) is 8.42. The lowest BCUT2D eigenvalue weighted by Gasteiger charge is -1.95. The fourth-order valence-corrected chi connectivity index (χ4v) is 0.892. The normalized spacial score (nSPS) is 10.0. The molecular formula is C8H19O. The van der Waals surface area contributed by atoms with Crippen LogP contribution in [0.5, 0.6) is 0 Å². The molecule has 0 spiro atoms. The molecule has 0 aliphatic carbocycles. The van der Waals surface area contributed by atoms with Crippen molar-refractivity contribution in [1.82, 2.24) is 0 Å². The third-order valence-corrected chi connectivity index (χ3v) is 1.51. The summed E-state index contributed by atoms with van der Waals surface area (Å²) in [5.41, 5.74) is 0. The Balaban J connectivity index is 0. The summed E-state index contributed by atoms with van der Waals surface area (Å²) in [5.74, 6) is 0.